The molecule has 2 heteroatoms. The second kappa shape index (κ2) is 2.28. The maximum Gasteiger partial charge on any atom is 0.0164 e. The Morgan fingerprint density at radius 2 is 2.43 bits per heavy atom. The van der Waals surface area contributed by atoms with Crippen LogP contribution in [0.2, 0.25) is 0 Å². The van der Waals surface area contributed by atoms with E-state index in [9.17, 15) is 0 Å². The Hall–Kier alpha value is -0.0800. The lowest BCUT2D eigenvalue weighted by Crippen LogP contribution is -2.46. The maximum atomic E-state index is 3.32. The van der Waals surface area contributed by atoms with Crippen molar-refractivity contribution in [3.05, 3.63) is 0 Å². The van der Waals surface area contributed by atoms with Gasteiger partial charge in [0.25, 0.3) is 0 Å². The molecule has 0 amide bonds. The van der Waals surface area contributed by atoms with E-state index in [-0.39, 0.29) is 2.85 Å². The lowest BCUT2D eigenvalue weighted by atomic mass is 10.3. The van der Waals surface area contributed by atoms with E-state index in [1.54, 1.807) is 0 Å². The summed E-state index contributed by atoms with van der Waals surface area (Å²) in [6.45, 7) is 5.57. The first-order valence-corrected chi connectivity index (χ1v) is 2.83. The molecule has 0 radical (unpaired) electrons. The van der Waals surface area contributed by atoms with Crippen molar-refractivity contribution in [2.24, 2.45) is 0 Å². The Kier molecular flexibility index (Phi) is 1.65. The summed E-state index contributed by atoms with van der Waals surface area (Å²) in [7, 11) is 0. The fourth-order valence-corrected chi connectivity index (χ4v) is 0.798. The maximum absolute atomic E-state index is 3.32. The van der Waals surface area contributed by atoms with Crippen molar-refractivity contribution in [1.29, 1.82) is 0 Å². The average Bonchev–Trinajstić information content (AvgIpc) is 1.69. The zero-order valence-corrected chi connectivity index (χ0v) is 4.70. The highest BCUT2D eigenvalue weighted by molar-refractivity contribution is 4.69. The van der Waals surface area contributed by atoms with E-state index >= 15 is 0 Å². The molecule has 1 unspecified atom stereocenters. The molecule has 1 aliphatic heterocycles. The van der Waals surface area contributed by atoms with E-state index < -0.39 is 0 Å². The first-order valence-electron chi connectivity index (χ1n) is 2.83. The van der Waals surface area contributed by atoms with Gasteiger partial charge >= 0.3 is 0 Å². The molecular formula is C5H16N2. The minimum absolute atomic E-state index is 0. The molecule has 2 N–H and O–H groups in total. The van der Waals surface area contributed by atoms with Crippen LogP contribution in [-0.2, 0) is 0 Å². The lowest BCUT2D eigenvalue weighted by molar-refractivity contribution is 0.442. The van der Waals surface area contributed by atoms with Gasteiger partial charge in [0.1, 0.15) is 0 Å². The molecule has 1 aliphatic rings. The number of hydrogen-bond donors (Lipinski definition) is 2. The molecule has 0 aromatic heterocycles. The topological polar surface area (TPSA) is 24.1 Å². The zero-order chi connectivity index (χ0) is 5.11. The molecule has 0 aromatic rings. The average molecular weight is 104 g/mol. The summed E-state index contributed by atoms with van der Waals surface area (Å²) in [4.78, 5) is 0. The van der Waals surface area contributed by atoms with Gasteiger partial charge in [0.05, 0.1) is 0 Å². The summed E-state index contributed by atoms with van der Waals surface area (Å²) >= 11 is 0. The lowest BCUT2D eigenvalue weighted by Gasteiger charge is -2.19. The molecule has 1 atom stereocenters. The van der Waals surface area contributed by atoms with Crippen LogP contribution in [0.1, 0.15) is 9.78 Å². The fourth-order valence-electron chi connectivity index (χ4n) is 0.798. The number of nitrogens with one attached hydrogen (secondary N) is 2. The third kappa shape index (κ3) is 1.45. The van der Waals surface area contributed by atoms with Crippen LogP contribution in [0.3, 0.4) is 0 Å². The Labute approximate surface area is 47.3 Å². The summed E-state index contributed by atoms with van der Waals surface area (Å²) in [6, 6.07) is 0.675. The zero-order valence-electron chi connectivity index (χ0n) is 4.70. The third-order valence-electron chi connectivity index (χ3n) is 1.25. The summed E-state index contributed by atoms with van der Waals surface area (Å²) in [5.74, 6) is 0. The van der Waals surface area contributed by atoms with Crippen LogP contribution in [0.4, 0.5) is 0 Å². The largest absolute Gasteiger partial charge is 0.314 e. The molecule has 0 saturated carbocycles. The molecule has 0 aromatic carbocycles. The molecule has 1 fully saturated rings. The third-order valence-corrected chi connectivity index (χ3v) is 1.25. The SMILES string of the molecule is CC1CNCCN1.[HH].[HH]. The second-order valence-electron chi connectivity index (χ2n) is 2.06. The Morgan fingerprint density at radius 3 is 2.71 bits per heavy atom. The molecule has 7 heavy (non-hydrogen) atoms. The Bertz CT molecular complexity index is 54.9. The van der Waals surface area contributed by atoms with E-state index in [4.69, 9.17) is 0 Å². The van der Waals surface area contributed by atoms with Crippen molar-refractivity contribution >= 4 is 0 Å². The molecule has 1 rings (SSSR count). The van der Waals surface area contributed by atoms with E-state index in [1.165, 1.54) is 0 Å². The standard InChI is InChI=1S/C5H12N2.2H2/c1-5-4-6-2-3-7-5;;/h5-7H,2-4H2,1H3;2*1H. The summed E-state index contributed by atoms with van der Waals surface area (Å²) in [5, 5.41) is 6.59. The van der Waals surface area contributed by atoms with Crippen molar-refractivity contribution < 1.29 is 2.85 Å². The Morgan fingerprint density at radius 1 is 1.57 bits per heavy atom. The minimum atomic E-state index is 0. The van der Waals surface area contributed by atoms with Crippen LogP contribution >= 0.6 is 0 Å². The summed E-state index contributed by atoms with van der Waals surface area (Å²) in [5.41, 5.74) is 0. The van der Waals surface area contributed by atoms with Crippen LogP contribution in [0.25, 0.3) is 0 Å². The van der Waals surface area contributed by atoms with Gasteiger partial charge in [-0.1, -0.05) is 0 Å². The van der Waals surface area contributed by atoms with Gasteiger partial charge < -0.3 is 10.6 Å². The van der Waals surface area contributed by atoms with Gasteiger partial charge in [-0.25, -0.2) is 0 Å². The van der Waals surface area contributed by atoms with Gasteiger partial charge in [-0.15, -0.1) is 0 Å². The molecule has 1 heterocycles. The minimum Gasteiger partial charge on any atom is -0.314 e. The van der Waals surface area contributed by atoms with Crippen LogP contribution in [0.15, 0.2) is 0 Å². The number of piperazine rings is 1. The van der Waals surface area contributed by atoms with E-state index in [1.807, 2.05) is 0 Å². The van der Waals surface area contributed by atoms with Crippen LogP contribution in [0, 0.1) is 0 Å². The van der Waals surface area contributed by atoms with E-state index in [0.29, 0.717) is 6.04 Å². The van der Waals surface area contributed by atoms with Crippen LogP contribution < -0.4 is 10.6 Å². The molecule has 2 nitrogen and oxygen atoms in total. The normalized spacial score (nSPS) is 33.0. The summed E-state index contributed by atoms with van der Waals surface area (Å²) in [6.07, 6.45) is 0. The second-order valence-corrected chi connectivity index (χ2v) is 2.06. The first kappa shape index (κ1) is 5.06. The van der Waals surface area contributed by atoms with Gasteiger partial charge in [-0.3, -0.25) is 0 Å². The van der Waals surface area contributed by atoms with Crippen molar-refractivity contribution in [3.63, 3.8) is 0 Å². The van der Waals surface area contributed by atoms with E-state index in [0.717, 1.165) is 19.6 Å². The van der Waals surface area contributed by atoms with Crippen molar-refractivity contribution in [3.8, 4) is 0 Å². The Balaban J connectivity index is 0. The fraction of sp³-hybridized carbons (Fsp3) is 1.00. The molecule has 1 saturated heterocycles. The highest BCUT2D eigenvalue weighted by Gasteiger charge is 2.03. The highest BCUT2D eigenvalue weighted by atomic mass is 15.0. The monoisotopic (exact) mass is 104 g/mol. The van der Waals surface area contributed by atoms with Gasteiger partial charge in [0, 0.05) is 28.5 Å². The molecule has 46 valence electrons. The molecule has 0 bridgehead atoms. The predicted octanol–water partition coefficient (Wildman–Crippen LogP) is 0.0597. The van der Waals surface area contributed by atoms with Gasteiger partial charge in [0.2, 0.25) is 0 Å². The number of hydrogen-bond acceptors (Lipinski definition) is 2. The van der Waals surface area contributed by atoms with Gasteiger partial charge in [-0.2, -0.15) is 0 Å². The van der Waals surface area contributed by atoms with Crippen molar-refractivity contribution in [1.82, 2.24) is 10.6 Å². The van der Waals surface area contributed by atoms with Crippen molar-refractivity contribution in [2.75, 3.05) is 19.6 Å². The molecule has 0 spiro atoms. The summed E-state index contributed by atoms with van der Waals surface area (Å²) < 4.78 is 0. The number of rotatable bonds is 0. The van der Waals surface area contributed by atoms with E-state index in [2.05, 4.69) is 17.6 Å². The van der Waals surface area contributed by atoms with Crippen molar-refractivity contribution in [2.45, 2.75) is 13.0 Å². The molecular weight excluding hydrogens is 88.1 g/mol. The van der Waals surface area contributed by atoms with Crippen LogP contribution in [0.5, 0.6) is 0 Å². The quantitative estimate of drug-likeness (QED) is 0.454. The van der Waals surface area contributed by atoms with Crippen LogP contribution in [-0.4, -0.2) is 25.7 Å². The molecule has 0 aliphatic carbocycles. The smallest absolute Gasteiger partial charge is 0.0164 e. The van der Waals surface area contributed by atoms with Gasteiger partial charge in [0.15, 0.2) is 0 Å². The first-order chi connectivity index (χ1) is 3.39. The highest BCUT2D eigenvalue weighted by Crippen LogP contribution is 1.80. The predicted molar refractivity (Wildman–Crippen MR) is 34.6 cm³/mol. The van der Waals surface area contributed by atoms with Gasteiger partial charge in [-0.05, 0) is 6.92 Å².